The van der Waals surface area contributed by atoms with Crippen LogP contribution in [-0.2, 0) is 15.8 Å². The number of nitrogens with zero attached hydrogens (tertiary/aromatic N) is 2. The van der Waals surface area contributed by atoms with Gasteiger partial charge in [0.1, 0.15) is 22.3 Å². The lowest BCUT2D eigenvalue weighted by molar-refractivity contribution is 0.281. The molecule has 1 aromatic heterocycles. The monoisotopic (exact) mass is 500 g/mol. The predicted molar refractivity (Wildman–Crippen MR) is 120 cm³/mol. The Morgan fingerprint density at radius 3 is 2.50 bits per heavy atom. The summed E-state index contributed by atoms with van der Waals surface area (Å²) < 4.78 is 55.5. The summed E-state index contributed by atoms with van der Waals surface area (Å²) in [4.78, 5) is 7.55. The van der Waals surface area contributed by atoms with Crippen LogP contribution in [0.3, 0.4) is 0 Å². The van der Waals surface area contributed by atoms with Crippen LogP contribution in [0, 0.1) is 11.6 Å². The summed E-state index contributed by atoms with van der Waals surface area (Å²) in [7, 11) is -4.55. The molecule has 1 atom stereocenters. The number of aliphatic hydroxyl groups is 1. The fraction of sp³-hybridized carbons (Fsp3) is 0.200. The maximum Gasteiger partial charge on any atom is 0.266 e. The van der Waals surface area contributed by atoms with Crippen LogP contribution in [0.5, 0.6) is 0 Å². The molecule has 12 heteroatoms. The van der Waals surface area contributed by atoms with Crippen LogP contribution >= 0.6 is 23.4 Å². The third-order valence-corrected chi connectivity index (χ3v) is 6.62. The molecule has 7 nitrogen and oxygen atoms in total. The second kappa shape index (κ2) is 10.4. The second-order valence-electron chi connectivity index (χ2n) is 6.73. The number of thioether (sulfide) groups is 1. The quantitative estimate of drug-likeness (QED) is 0.229. The fourth-order valence-electron chi connectivity index (χ4n) is 2.56. The number of anilines is 2. The molecule has 0 bridgehead atoms. The molecule has 2 aromatic carbocycles. The van der Waals surface area contributed by atoms with Gasteiger partial charge >= 0.3 is 0 Å². The summed E-state index contributed by atoms with van der Waals surface area (Å²) in [6.45, 7) is 1.51. The molecule has 0 aliphatic rings. The van der Waals surface area contributed by atoms with Gasteiger partial charge in [-0.3, -0.25) is 4.72 Å². The van der Waals surface area contributed by atoms with Gasteiger partial charge in [-0.05, 0) is 24.6 Å². The number of benzene rings is 2. The molecule has 170 valence electrons. The summed E-state index contributed by atoms with van der Waals surface area (Å²) in [5.74, 6) is -1.69. The molecule has 3 rings (SSSR count). The Labute approximate surface area is 193 Å². The average molecular weight is 501 g/mol. The molecule has 0 saturated heterocycles. The zero-order valence-corrected chi connectivity index (χ0v) is 19.1. The Hall–Kier alpha value is -2.47. The minimum absolute atomic E-state index is 0.164. The van der Waals surface area contributed by atoms with E-state index in [1.54, 1.807) is 6.92 Å². The summed E-state index contributed by atoms with van der Waals surface area (Å²) >= 11 is 6.83. The highest BCUT2D eigenvalue weighted by Gasteiger charge is 2.24. The van der Waals surface area contributed by atoms with Crippen molar-refractivity contribution in [1.29, 1.82) is 0 Å². The number of halogens is 3. The Kier molecular flexibility index (Phi) is 7.88. The zero-order chi connectivity index (χ0) is 23.3. The van der Waals surface area contributed by atoms with Crippen molar-refractivity contribution < 1.29 is 22.3 Å². The summed E-state index contributed by atoms with van der Waals surface area (Å²) in [5.41, 5.74) is 1.00. The second-order valence-corrected chi connectivity index (χ2v) is 9.73. The van der Waals surface area contributed by atoms with E-state index in [1.807, 2.05) is 30.3 Å². The topological polar surface area (TPSA) is 104 Å². The van der Waals surface area contributed by atoms with Gasteiger partial charge in [0, 0.05) is 17.9 Å². The van der Waals surface area contributed by atoms with Crippen LogP contribution in [0.2, 0.25) is 5.02 Å². The van der Waals surface area contributed by atoms with E-state index < -0.39 is 31.6 Å². The van der Waals surface area contributed by atoms with Crippen molar-refractivity contribution in [3.8, 4) is 0 Å². The lowest BCUT2D eigenvalue weighted by Crippen LogP contribution is -2.21. The van der Waals surface area contributed by atoms with E-state index >= 15 is 0 Å². The smallest absolute Gasteiger partial charge is 0.266 e. The number of hydrogen-bond donors (Lipinski definition) is 3. The van der Waals surface area contributed by atoms with Crippen LogP contribution < -0.4 is 10.0 Å². The molecular weight excluding hydrogens is 482 g/mol. The SMILES string of the molecule is C[C@H](CO)Nc1cc(NS(=O)(=O)c2cc(F)cc(Cl)c2F)nc(SCc2ccccc2)n1. The lowest BCUT2D eigenvalue weighted by Gasteiger charge is -2.15. The first-order chi connectivity index (χ1) is 15.2. The summed E-state index contributed by atoms with van der Waals surface area (Å²) in [6, 6.07) is 11.6. The molecule has 0 amide bonds. The summed E-state index contributed by atoms with van der Waals surface area (Å²) in [5, 5.41) is 11.8. The van der Waals surface area contributed by atoms with Gasteiger partial charge < -0.3 is 10.4 Å². The number of rotatable bonds is 9. The van der Waals surface area contributed by atoms with E-state index in [0.29, 0.717) is 17.9 Å². The van der Waals surface area contributed by atoms with E-state index in [0.717, 1.165) is 5.56 Å². The third-order valence-electron chi connectivity index (χ3n) is 4.07. The van der Waals surface area contributed by atoms with Gasteiger partial charge in [-0.1, -0.05) is 53.7 Å². The number of nitrogens with one attached hydrogen (secondary N) is 2. The first-order valence-electron chi connectivity index (χ1n) is 9.28. The van der Waals surface area contributed by atoms with Crippen molar-refractivity contribution in [1.82, 2.24) is 9.97 Å². The van der Waals surface area contributed by atoms with E-state index in [1.165, 1.54) is 17.8 Å². The highest BCUT2D eigenvalue weighted by Crippen LogP contribution is 2.27. The van der Waals surface area contributed by atoms with Gasteiger partial charge in [-0.15, -0.1) is 0 Å². The van der Waals surface area contributed by atoms with E-state index in [4.69, 9.17) is 11.6 Å². The van der Waals surface area contributed by atoms with Gasteiger partial charge in [0.15, 0.2) is 11.0 Å². The van der Waals surface area contributed by atoms with E-state index in [2.05, 4.69) is 20.0 Å². The number of aromatic nitrogens is 2. The molecule has 0 fully saturated rings. The molecule has 0 unspecified atom stereocenters. The molecule has 0 aliphatic heterocycles. The molecule has 0 radical (unpaired) electrons. The average Bonchev–Trinajstić information content (AvgIpc) is 2.75. The molecule has 32 heavy (non-hydrogen) atoms. The molecule has 3 aromatic rings. The Balaban J connectivity index is 1.92. The number of sulfonamides is 1. The standard InChI is InChI=1S/C20H19ClF2N4O3S2/c1-12(10-28)24-17-9-18(26-20(25-17)31-11-13-5-3-2-4-6-13)27-32(29,30)16-8-14(22)7-15(21)19(16)23/h2-9,12,28H,10-11H2,1H3,(H2,24,25,26,27)/t12-/m1/s1. The molecule has 1 heterocycles. The van der Waals surface area contributed by atoms with Gasteiger partial charge in [-0.25, -0.2) is 27.2 Å². The van der Waals surface area contributed by atoms with Gasteiger partial charge in [0.2, 0.25) is 0 Å². The van der Waals surface area contributed by atoms with Crippen LogP contribution in [0.1, 0.15) is 12.5 Å². The minimum atomic E-state index is -4.55. The molecule has 0 spiro atoms. The highest BCUT2D eigenvalue weighted by molar-refractivity contribution is 7.98. The fourth-order valence-corrected chi connectivity index (χ4v) is 4.74. The zero-order valence-electron chi connectivity index (χ0n) is 16.7. The Morgan fingerprint density at radius 2 is 1.81 bits per heavy atom. The van der Waals surface area contributed by atoms with Crippen molar-refractivity contribution in [3.05, 3.63) is 70.8 Å². The maximum atomic E-state index is 14.3. The predicted octanol–water partition coefficient (Wildman–Crippen LogP) is 4.29. The number of aliphatic hydroxyl groups excluding tert-OH is 1. The normalized spacial score (nSPS) is 12.4. The van der Waals surface area contributed by atoms with Gasteiger partial charge in [-0.2, -0.15) is 0 Å². The summed E-state index contributed by atoms with van der Waals surface area (Å²) in [6.07, 6.45) is 0. The Bertz CT molecular complexity index is 1200. The van der Waals surface area contributed by atoms with Crippen molar-refractivity contribution in [2.45, 2.75) is 28.8 Å². The van der Waals surface area contributed by atoms with Crippen LogP contribution in [0.15, 0.2) is 58.6 Å². The van der Waals surface area contributed by atoms with Crippen molar-refractivity contribution in [2.75, 3.05) is 16.6 Å². The number of hydrogen-bond acceptors (Lipinski definition) is 7. The first-order valence-corrected chi connectivity index (χ1v) is 12.1. The molecular formula is C20H19ClF2N4O3S2. The maximum absolute atomic E-state index is 14.3. The molecule has 0 saturated carbocycles. The Morgan fingerprint density at radius 1 is 1.12 bits per heavy atom. The van der Waals surface area contributed by atoms with Gasteiger partial charge in [0.25, 0.3) is 10.0 Å². The minimum Gasteiger partial charge on any atom is -0.394 e. The lowest BCUT2D eigenvalue weighted by atomic mass is 10.2. The highest BCUT2D eigenvalue weighted by atomic mass is 35.5. The van der Waals surface area contributed by atoms with E-state index in [-0.39, 0.29) is 29.4 Å². The van der Waals surface area contributed by atoms with E-state index in [9.17, 15) is 22.3 Å². The molecule has 3 N–H and O–H groups in total. The largest absolute Gasteiger partial charge is 0.394 e. The van der Waals surface area contributed by atoms with Gasteiger partial charge in [0.05, 0.1) is 11.6 Å². The van der Waals surface area contributed by atoms with Crippen molar-refractivity contribution in [2.24, 2.45) is 0 Å². The van der Waals surface area contributed by atoms with Crippen LogP contribution in [0.4, 0.5) is 20.4 Å². The van der Waals surface area contributed by atoms with Crippen molar-refractivity contribution in [3.63, 3.8) is 0 Å². The van der Waals surface area contributed by atoms with Crippen LogP contribution in [-0.4, -0.2) is 36.1 Å². The molecule has 0 aliphatic carbocycles. The first kappa shape index (κ1) is 24.2. The van der Waals surface area contributed by atoms with Crippen LogP contribution in [0.25, 0.3) is 0 Å². The van der Waals surface area contributed by atoms with Crippen molar-refractivity contribution >= 4 is 45.0 Å². The third kappa shape index (κ3) is 6.28.